The van der Waals surface area contributed by atoms with Gasteiger partial charge in [-0.25, -0.2) is 0 Å². The number of nitro benzene ring substituents is 1. The van der Waals surface area contributed by atoms with Crippen molar-refractivity contribution in [3.63, 3.8) is 0 Å². The fourth-order valence-electron chi connectivity index (χ4n) is 2.49. The lowest BCUT2D eigenvalue weighted by Gasteiger charge is -2.10. The minimum Gasteiger partial charge on any atom is -0.496 e. The lowest BCUT2D eigenvalue weighted by Crippen LogP contribution is -2.10. The first-order valence-corrected chi connectivity index (χ1v) is 11.0. The molecule has 0 aromatic heterocycles. The fraction of sp³-hybridized carbons (Fsp3) is 0.400. The molecule has 0 spiro atoms. The summed E-state index contributed by atoms with van der Waals surface area (Å²) in [6.45, 7) is 12.3. The molecule has 9 heteroatoms. The molecule has 2 aromatic rings. The van der Waals surface area contributed by atoms with Gasteiger partial charge in [0.1, 0.15) is 11.3 Å². The van der Waals surface area contributed by atoms with Crippen molar-refractivity contribution in [1.29, 1.82) is 0 Å². The number of hydrogen-bond donors (Lipinski definition) is 1. The van der Waals surface area contributed by atoms with Gasteiger partial charge in [0.15, 0.2) is 0 Å². The molecule has 0 saturated carbocycles. The highest BCUT2D eigenvalue weighted by Crippen LogP contribution is 2.28. The Morgan fingerprint density at radius 2 is 1.65 bits per heavy atom. The molecule has 0 aliphatic carbocycles. The van der Waals surface area contributed by atoms with Gasteiger partial charge in [-0.15, -0.1) is 0 Å². The molecule has 34 heavy (non-hydrogen) atoms. The second kappa shape index (κ2) is 18.8. The molecule has 0 unspecified atom stereocenters. The van der Waals surface area contributed by atoms with Gasteiger partial charge < -0.3 is 14.8 Å². The van der Waals surface area contributed by atoms with E-state index in [9.17, 15) is 24.5 Å². The molecule has 0 aliphatic heterocycles. The van der Waals surface area contributed by atoms with Crippen LogP contribution in [0.4, 0.5) is 5.69 Å². The Hall–Kier alpha value is -3.75. The third kappa shape index (κ3) is 10.7. The molecule has 0 saturated heterocycles. The number of methoxy groups -OCH3 is 2. The first-order valence-electron chi connectivity index (χ1n) is 11.0. The standard InChI is InChI=1S/C18H17NO6.C3H7NO.2C2H6/c1-11-4-6-13(15(8-11)19(22)23)18(21)14-9-12(10-17(20)25-3)5-7-16(14)24-2;1-2-4-3-5;2*1-2/h4-9H,10H2,1-3H3;3H,2H2,1H3,(H,4,5);2*1-2H3. The molecule has 2 aromatic carbocycles. The Morgan fingerprint density at radius 1 is 1.03 bits per heavy atom. The van der Waals surface area contributed by atoms with Crippen molar-refractivity contribution in [3.05, 3.63) is 68.8 Å². The average molecular weight is 477 g/mol. The summed E-state index contributed by atoms with van der Waals surface area (Å²) in [5.74, 6) is -0.728. The summed E-state index contributed by atoms with van der Waals surface area (Å²) < 4.78 is 9.81. The Bertz CT molecular complexity index is 927. The molecule has 1 amide bonds. The molecule has 0 atom stereocenters. The van der Waals surface area contributed by atoms with Gasteiger partial charge in [-0.05, 0) is 43.2 Å². The van der Waals surface area contributed by atoms with Crippen molar-refractivity contribution >= 4 is 23.9 Å². The van der Waals surface area contributed by atoms with Gasteiger partial charge in [0.25, 0.3) is 5.69 Å². The van der Waals surface area contributed by atoms with Crippen LogP contribution in [-0.2, 0) is 20.7 Å². The van der Waals surface area contributed by atoms with E-state index in [1.807, 2.05) is 34.6 Å². The highest BCUT2D eigenvalue weighted by Gasteiger charge is 2.24. The summed E-state index contributed by atoms with van der Waals surface area (Å²) in [5, 5.41) is 13.7. The normalized spacial score (nSPS) is 8.82. The lowest BCUT2D eigenvalue weighted by molar-refractivity contribution is -0.385. The van der Waals surface area contributed by atoms with Crippen molar-refractivity contribution in [2.24, 2.45) is 0 Å². The number of amides is 1. The first-order chi connectivity index (χ1) is 16.3. The van der Waals surface area contributed by atoms with E-state index >= 15 is 0 Å². The molecule has 2 rings (SSSR count). The molecule has 9 nitrogen and oxygen atoms in total. The van der Waals surface area contributed by atoms with Crippen LogP contribution in [0.1, 0.15) is 61.7 Å². The summed E-state index contributed by atoms with van der Waals surface area (Å²) in [6.07, 6.45) is 0.663. The van der Waals surface area contributed by atoms with E-state index in [-0.39, 0.29) is 29.0 Å². The summed E-state index contributed by atoms with van der Waals surface area (Å²) >= 11 is 0. The first kappa shape index (κ1) is 32.4. The van der Waals surface area contributed by atoms with E-state index in [4.69, 9.17) is 4.74 Å². The lowest BCUT2D eigenvalue weighted by atomic mass is 9.97. The van der Waals surface area contributed by atoms with E-state index in [1.165, 1.54) is 32.4 Å². The van der Waals surface area contributed by atoms with Crippen LogP contribution in [-0.4, -0.2) is 43.9 Å². The van der Waals surface area contributed by atoms with Crippen LogP contribution in [0.3, 0.4) is 0 Å². The number of nitrogens with zero attached hydrogens (tertiary/aromatic N) is 1. The largest absolute Gasteiger partial charge is 0.496 e. The van der Waals surface area contributed by atoms with Crippen molar-refractivity contribution in [1.82, 2.24) is 5.32 Å². The molecule has 0 heterocycles. The maximum Gasteiger partial charge on any atom is 0.309 e. The second-order valence-electron chi connectivity index (χ2n) is 6.07. The molecular formula is C25H36N2O7. The molecule has 1 N–H and O–H groups in total. The number of carbonyl (C=O) groups is 3. The third-order valence-electron chi connectivity index (χ3n) is 3.97. The average Bonchev–Trinajstić information content (AvgIpc) is 2.86. The number of esters is 1. The number of ether oxygens (including phenoxy) is 2. The molecule has 0 radical (unpaired) electrons. The zero-order valence-electron chi connectivity index (χ0n) is 21.3. The predicted octanol–water partition coefficient (Wildman–Crippen LogP) is 4.66. The van der Waals surface area contributed by atoms with Crippen LogP contribution in [0, 0.1) is 17.0 Å². The van der Waals surface area contributed by atoms with E-state index in [2.05, 4.69) is 10.1 Å². The molecule has 0 bridgehead atoms. The van der Waals surface area contributed by atoms with Crippen LogP contribution in [0.25, 0.3) is 0 Å². The number of hydrogen-bond acceptors (Lipinski definition) is 7. The Morgan fingerprint density at radius 3 is 2.09 bits per heavy atom. The third-order valence-corrected chi connectivity index (χ3v) is 3.97. The summed E-state index contributed by atoms with van der Waals surface area (Å²) in [6, 6.07) is 9.06. The summed E-state index contributed by atoms with van der Waals surface area (Å²) in [7, 11) is 2.67. The van der Waals surface area contributed by atoms with Crippen molar-refractivity contribution < 1.29 is 28.8 Å². The monoisotopic (exact) mass is 476 g/mol. The highest BCUT2D eigenvalue weighted by atomic mass is 16.6. The van der Waals surface area contributed by atoms with Gasteiger partial charge in [-0.1, -0.05) is 39.8 Å². The summed E-state index contributed by atoms with van der Waals surface area (Å²) in [4.78, 5) is 44.3. The maximum absolute atomic E-state index is 12.9. The zero-order chi connectivity index (χ0) is 26.7. The number of nitrogens with one attached hydrogen (secondary N) is 1. The van der Waals surface area contributed by atoms with Gasteiger partial charge in [-0.3, -0.25) is 24.5 Å². The van der Waals surface area contributed by atoms with Crippen LogP contribution in [0.2, 0.25) is 0 Å². The number of nitro groups is 1. The fourth-order valence-corrected chi connectivity index (χ4v) is 2.49. The number of rotatable bonds is 8. The van der Waals surface area contributed by atoms with E-state index < -0.39 is 16.7 Å². The molecule has 188 valence electrons. The SMILES string of the molecule is CC.CC.CCNC=O.COC(=O)Cc1ccc(OC)c(C(=O)c2ccc(C)cc2[N+](=O)[O-])c1. The van der Waals surface area contributed by atoms with Crippen LogP contribution in [0.5, 0.6) is 5.75 Å². The Balaban J connectivity index is 0. The molecular weight excluding hydrogens is 440 g/mol. The van der Waals surface area contributed by atoms with Gasteiger partial charge in [0.2, 0.25) is 12.2 Å². The quantitative estimate of drug-likeness (QED) is 0.193. The van der Waals surface area contributed by atoms with Gasteiger partial charge in [0, 0.05) is 12.6 Å². The van der Waals surface area contributed by atoms with Crippen LogP contribution >= 0.6 is 0 Å². The van der Waals surface area contributed by atoms with E-state index in [1.54, 1.807) is 25.1 Å². The van der Waals surface area contributed by atoms with E-state index in [0.29, 0.717) is 17.5 Å². The second-order valence-corrected chi connectivity index (χ2v) is 6.07. The highest BCUT2D eigenvalue weighted by molar-refractivity contribution is 6.13. The molecule has 0 fully saturated rings. The maximum atomic E-state index is 12.9. The minimum absolute atomic E-state index is 0.0171. The van der Waals surface area contributed by atoms with Gasteiger partial charge in [0.05, 0.1) is 31.1 Å². The van der Waals surface area contributed by atoms with E-state index in [0.717, 1.165) is 6.54 Å². The number of aryl methyl sites for hydroxylation is 1. The molecule has 0 aliphatic rings. The zero-order valence-corrected chi connectivity index (χ0v) is 21.3. The van der Waals surface area contributed by atoms with Gasteiger partial charge in [-0.2, -0.15) is 0 Å². The van der Waals surface area contributed by atoms with Crippen molar-refractivity contribution in [2.75, 3.05) is 20.8 Å². The Kier molecular flexibility index (Phi) is 17.9. The number of benzene rings is 2. The van der Waals surface area contributed by atoms with Crippen LogP contribution in [0.15, 0.2) is 36.4 Å². The van der Waals surface area contributed by atoms with Crippen molar-refractivity contribution in [2.45, 2.75) is 48.0 Å². The summed E-state index contributed by atoms with van der Waals surface area (Å²) in [5.41, 5.74) is 1.06. The van der Waals surface area contributed by atoms with Gasteiger partial charge >= 0.3 is 5.97 Å². The predicted molar refractivity (Wildman–Crippen MR) is 132 cm³/mol. The van der Waals surface area contributed by atoms with Crippen molar-refractivity contribution in [3.8, 4) is 5.75 Å². The van der Waals surface area contributed by atoms with Crippen LogP contribution < -0.4 is 10.1 Å². The number of carbonyl (C=O) groups excluding carboxylic acids is 3. The topological polar surface area (TPSA) is 125 Å². The smallest absolute Gasteiger partial charge is 0.309 e. The Labute approximate surface area is 201 Å². The number of ketones is 1. The minimum atomic E-state index is -0.592.